The summed E-state index contributed by atoms with van der Waals surface area (Å²) in [5.74, 6) is -4.17. The summed E-state index contributed by atoms with van der Waals surface area (Å²) in [7, 11) is 0. The molecule has 1 aromatic heterocycles. The number of primary amides is 1. The largest absolute Gasteiger partial charge is 0.465 e. The van der Waals surface area contributed by atoms with Gasteiger partial charge in [-0.3, -0.25) is 4.79 Å². The average Bonchev–Trinajstić information content (AvgIpc) is 3.05. The molecular weight excluding hydrogens is 360 g/mol. The van der Waals surface area contributed by atoms with Gasteiger partial charge in [-0.1, -0.05) is 36.4 Å². The molecule has 0 unspecified atom stereocenters. The summed E-state index contributed by atoms with van der Waals surface area (Å²) in [6.45, 7) is -0.190. The van der Waals surface area contributed by atoms with Crippen LogP contribution in [0, 0.1) is 11.6 Å². The van der Waals surface area contributed by atoms with E-state index in [1.165, 1.54) is 0 Å². The summed E-state index contributed by atoms with van der Waals surface area (Å²) in [5, 5.41) is 9.52. The third-order valence-corrected chi connectivity index (χ3v) is 3.68. The van der Waals surface area contributed by atoms with Crippen LogP contribution < -0.4 is 10.6 Å². The number of hydrogen-bond donors (Lipinski definition) is 2. The van der Waals surface area contributed by atoms with Gasteiger partial charge in [-0.15, -0.1) is 0 Å². The van der Waals surface area contributed by atoms with Crippen LogP contribution in [-0.4, -0.2) is 22.1 Å². The molecule has 0 saturated heterocycles. The zero-order valence-electron chi connectivity index (χ0n) is 13.7. The van der Waals surface area contributed by atoms with Crippen LogP contribution in [-0.2, 0) is 6.54 Å². The van der Waals surface area contributed by atoms with Gasteiger partial charge in [-0.25, -0.2) is 23.5 Å². The lowest BCUT2D eigenvalue weighted by atomic mass is 10.2. The Kier molecular flexibility index (Phi) is 4.84. The van der Waals surface area contributed by atoms with Gasteiger partial charge < -0.3 is 15.3 Å². The monoisotopic (exact) mass is 373 g/mol. The number of benzene rings is 2. The Morgan fingerprint density at radius 2 is 1.70 bits per heavy atom. The maximum Gasteiger partial charge on any atom is 0.414 e. The Morgan fingerprint density at radius 3 is 2.26 bits per heavy atom. The Labute approximate surface area is 151 Å². The van der Waals surface area contributed by atoms with E-state index in [0.717, 1.165) is 18.2 Å². The van der Waals surface area contributed by atoms with Gasteiger partial charge in [0.05, 0.1) is 6.54 Å². The highest BCUT2D eigenvalue weighted by molar-refractivity contribution is 5.99. The Morgan fingerprint density at radius 1 is 1.07 bits per heavy atom. The van der Waals surface area contributed by atoms with Gasteiger partial charge in [-0.2, -0.15) is 0 Å². The third-order valence-electron chi connectivity index (χ3n) is 3.68. The van der Waals surface area contributed by atoms with Crippen molar-refractivity contribution in [2.24, 2.45) is 5.73 Å². The van der Waals surface area contributed by atoms with Gasteiger partial charge in [-0.05, 0) is 17.7 Å². The second kappa shape index (κ2) is 7.24. The standard InChI is InChI=1S/C18H13F2N3O4/c19-11-7-4-8-12(20)13(11)16-22-14(15(21)24)17(27-16)23(18(25)26)9-10-5-2-1-3-6-10/h1-8H,9H2,(H2,21,24)(H,25,26). The summed E-state index contributed by atoms with van der Waals surface area (Å²) in [6.07, 6.45) is -1.46. The van der Waals surface area contributed by atoms with Gasteiger partial charge >= 0.3 is 6.09 Å². The number of nitrogens with two attached hydrogens (primary N) is 1. The summed E-state index contributed by atoms with van der Waals surface area (Å²) in [6, 6.07) is 11.6. The molecule has 0 aliphatic rings. The molecule has 27 heavy (non-hydrogen) atoms. The molecule has 0 aliphatic heterocycles. The molecule has 0 bridgehead atoms. The molecule has 3 aromatic rings. The summed E-state index contributed by atoms with van der Waals surface area (Å²) in [4.78, 5) is 27.8. The van der Waals surface area contributed by atoms with Crippen molar-refractivity contribution in [2.75, 3.05) is 4.90 Å². The van der Waals surface area contributed by atoms with Crippen molar-refractivity contribution in [1.82, 2.24) is 4.98 Å². The van der Waals surface area contributed by atoms with E-state index in [9.17, 15) is 23.5 Å². The van der Waals surface area contributed by atoms with Crippen molar-refractivity contribution >= 4 is 17.9 Å². The second-order valence-corrected chi connectivity index (χ2v) is 5.49. The first kappa shape index (κ1) is 18.1. The van der Waals surface area contributed by atoms with E-state index in [0.29, 0.717) is 10.5 Å². The first-order chi connectivity index (χ1) is 12.9. The molecule has 3 N–H and O–H groups in total. The SMILES string of the molecule is NC(=O)c1nc(-c2c(F)cccc2F)oc1N(Cc1ccccc1)C(=O)O. The summed E-state index contributed by atoms with van der Waals surface area (Å²) in [5.41, 5.74) is 4.65. The molecule has 0 aliphatic carbocycles. The normalized spacial score (nSPS) is 10.6. The predicted octanol–water partition coefficient (Wildman–Crippen LogP) is 3.40. The Balaban J connectivity index is 2.11. The topological polar surface area (TPSA) is 110 Å². The van der Waals surface area contributed by atoms with E-state index in [4.69, 9.17) is 10.2 Å². The smallest absolute Gasteiger partial charge is 0.414 e. The molecule has 9 heteroatoms. The van der Waals surface area contributed by atoms with E-state index < -0.39 is 46.7 Å². The minimum absolute atomic E-state index is 0.190. The average molecular weight is 373 g/mol. The second-order valence-electron chi connectivity index (χ2n) is 5.49. The third kappa shape index (κ3) is 3.61. The molecule has 0 spiro atoms. The van der Waals surface area contributed by atoms with Gasteiger partial charge in [0.1, 0.15) is 17.2 Å². The molecular formula is C18H13F2N3O4. The lowest BCUT2D eigenvalue weighted by Gasteiger charge is -2.16. The van der Waals surface area contributed by atoms with Crippen LogP contribution in [0.25, 0.3) is 11.5 Å². The van der Waals surface area contributed by atoms with Crippen molar-refractivity contribution in [3.05, 3.63) is 71.4 Å². The van der Waals surface area contributed by atoms with E-state index in [1.54, 1.807) is 30.3 Å². The van der Waals surface area contributed by atoms with E-state index >= 15 is 0 Å². The first-order valence-corrected chi connectivity index (χ1v) is 7.68. The number of anilines is 1. The van der Waals surface area contributed by atoms with Crippen molar-refractivity contribution in [1.29, 1.82) is 0 Å². The molecule has 2 amide bonds. The van der Waals surface area contributed by atoms with E-state index in [-0.39, 0.29) is 6.54 Å². The molecule has 138 valence electrons. The minimum atomic E-state index is -1.46. The zero-order valence-corrected chi connectivity index (χ0v) is 13.7. The molecule has 0 radical (unpaired) electrons. The van der Waals surface area contributed by atoms with Crippen LogP contribution in [0.3, 0.4) is 0 Å². The van der Waals surface area contributed by atoms with Crippen LogP contribution in [0.5, 0.6) is 0 Å². The highest BCUT2D eigenvalue weighted by Crippen LogP contribution is 2.32. The highest BCUT2D eigenvalue weighted by Gasteiger charge is 2.29. The van der Waals surface area contributed by atoms with Crippen LogP contribution in [0.15, 0.2) is 52.9 Å². The lowest BCUT2D eigenvalue weighted by molar-refractivity contribution is 0.0996. The highest BCUT2D eigenvalue weighted by atomic mass is 19.1. The first-order valence-electron chi connectivity index (χ1n) is 7.68. The number of hydrogen-bond acceptors (Lipinski definition) is 4. The number of carbonyl (C=O) groups is 2. The maximum absolute atomic E-state index is 14.0. The van der Waals surface area contributed by atoms with Crippen LogP contribution in [0.2, 0.25) is 0 Å². The quantitative estimate of drug-likeness (QED) is 0.712. The molecule has 1 heterocycles. The number of carboxylic acid groups (broad SMARTS) is 1. The van der Waals surface area contributed by atoms with Crippen LogP contribution in [0.1, 0.15) is 16.1 Å². The Bertz CT molecular complexity index is 985. The van der Waals surface area contributed by atoms with Gasteiger partial charge in [0.25, 0.3) is 5.91 Å². The summed E-state index contributed by atoms with van der Waals surface area (Å²) >= 11 is 0. The lowest BCUT2D eigenvalue weighted by Crippen LogP contribution is -2.30. The number of nitrogens with zero attached hydrogens (tertiary/aromatic N) is 2. The van der Waals surface area contributed by atoms with Crippen molar-refractivity contribution in [3.8, 4) is 11.5 Å². The molecule has 2 aromatic carbocycles. The maximum atomic E-state index is 14.0. The van der Waals surface area contributed by atoms with Gasteiger partial charge in [0.15, 0.2) is 5.69 Å². The van der Waals surface area contributed by atoms with Gasteiger partial charge in [0.2, 0.25) is 11.8 Å². The van der Waals surface area contributed by atoms with Crippen molar-refractivity contribution in [3.63, 3.8) is 0 Å². The van der Waals surface area contributed by atoms with Crippen molar-refractivity contribution < 1.29 is 27.9 Å². The fourth-order valence-electron chi connectivity index (χ4n) is 2.46. The fraction of sp³-hybridized carbons (Fsp3) is 0.0556. The minimum Gasteiger partial charge on any atom is -0.465 e. The number of oxazole rings is 1. The number of halogens is 2. The number of rotatable bonds is 5. The fourth-order valence-corrected chi connectivity index (χ4v) is 2.46. The molecule has 0 atom stereocenters. The summed E-state index contributed by atoms with van der Waals surface area (Å²) < 4.78 is 33.3. The molecule has 7 nitrogen and oxygen atoms in total. The Hall–Kier alpha value is -3.75. The molecule has 0 fully saturated rings. The molecule has 3 rings (SSSR count). The van der Waals surface area contributed by atoms with Crippen LogP contribution >= 0.6 is 0 Å². The zero-order chi connectivity index (χ0) is 19.6. The number of amides is 2. The van der Waals surface area contributed by atoms with Crippen LogP contribution in [0.4, 0.5) is 19.5 Å². The number of aromatic nitrogens is 1. The van der Waals surface area contributed by atoms with E-state index in [2.05, 4.69) is 4.98 Å². The molecule has 0 saturated carbocycles. The number of carbonyl (C=O) groups excluding carboxylic acids is 1. The predicted molar refractivity (Wildman–Crippen MR) is 91.0 cm³/mol. The van der Waals surface area contributed by atoms with E-state index in [1.807, 2.05) is 0 Å². The van der Waals surface area contributed by atoms with Crippen molar-refractivity contribution in [2.45, 2.75) is 6.54 Å². The van der Waals surface area contributed by atoms with Gasteiger partial charge in [0, 0.05) is 0 Å².